The van der Waals surface area contributed by atoms with Gasteiger partial charge in [0.15, 0.2) is 0 Å². The highest BCUT2D eigenvalue weighted by atomic mass is 16.5. The van der Waals surface area contributed by atoms with E-state index in [0.29, 0.717) is 18.1 Å². The first-order valence-electron chi connectivity index (χ1n) is 8.10. The van der Waals surface area contributed by atoms with Crippen LogP contribution < -0.4 is 15.4 Å². The van der Waals surface area contributed by atoms with Crippen molar-refractivity contribution in [2.24, 2.45) is 0 Å². The zero-order chi connectivity index (χ0) is 17.2. The SMILES string of the molecule is COc1ccc2cc(NC(=O)N[C@H]3CCc4ncnn4C3)ccc2n1. The molecule has 0 saturated carbocycles. The molecule has 3 aromatic rings. The third-order valence-corrected chi connectivity index (χ3v) is 4.27. The number of carbonyl (C=O) groups is 1. The predicted molar refractivity (Wildman–Crippen MR) is 92.6 cm³/mol. The van der Waals surface area contributed by atoms with E-state index in [4.69, 9.17) is 4.74 Å². The molecule has 2 N–H and O–H groups in total. The van der Waals surface area contributed by atoms with Crippen LogP contribution >= 0.6 is 0 Å². The minimum absolute atomic E-state index is 0.0422. The van der Waals surface area contributed by atoms with Crippen molar-refractivity contribution >= 4 is 22.6 Å². The lowest BCUT2D eigenvalue weighted by molar-refractivity contribution is 0.243. The number of pyridine rings is 1. The Kier molecular flexibility index (Phi) is 3.93. The van der Waals surface area contributed by atoms with E-state index in [0.717, 1.165) is 29.6 Å². The number of ether oxygens (including phenoxy) is 1. The van der Waals surface area contributed by atoms with E-state index in [2.05, 4.69) is 25.7 Å². The van der Waals surface area contributed by atoms with Crippen LogP contribution in [-0.2, 0) is 13.0 Å². The molecule has 8 nitrogen and oxygen atoms in total. The smallest absolute Gasteiger partial charge is 0.319 e. The van der Waals surface area contributed by atoms with E-state index in [1.54, 1.807) is 19.5 Å². The zero-order valence-corrected chi connectivity index (χ0v) is 13.8. The van der Waals surface area contributed by atoms with Gasteiger partial charge >= 0.3 is 6.03 Å². The highest BCUT2D eigenvalue weighted by molar-refractivity contribution is 5.92. The molecule has 2 aromatic heterocycles. The van der Waals surface area contributed by atoms with Gasteiger partial charge in [-0.1, -0.05) is 0 Å². The number of hydrogen-bond acceptors (Lipinski definition) is 5. The normalized spacial score (nSPS) is 16.3. The van der Waals surface area contributed by atoms with E-state index in [1.165, 1.54) is 0 Å². The largest absolute Gasteiger partial charge is 0.481 e. The standard InChI is InChI=1S/C17H18N6O2/c1-25-16-7-2-11-8-12(3-5-14(11)22-16)20-17(24)21-13-4-6-15-18-10-19-23(15)9-13/h2-3,5,7-8,10,13H,4,6,9H2,1H3,(H2,20,21,24)/t13-/m0/s1. The van der Waals surface area contributed by atoms with Gasteiger partial charge < -0.3 is 15.4 Å². The monoisotopic (exact) mass is 338 g/mol. The van der Waals surface area contributed by atoms with E-state index < -0.39 is 0 Å². The summed E-state index contributed by atoms with van der Waals surface area (Å²) in [4.78, 5) is 20.8. The van der Waals surface area contributed by atoms with Crippen molar-refractivity contribution in [2.45, 2.75) is 25.4 Å². The predicted octanol–water partition coefficient (Wildman–Crippen LogP) is 1.97. The van der Waals surface area contributed by atoms with Crippen LogP contribution in [0.5, 0.6) is 5.88 Å². The van der Waals surface area contributed by atoms with Gasteiger partial charge in [0.25, 0.3) is 0 Å². The van der Waals surface area contributed by atoms with Crippen LogP contribution in [0.2, 0.25) is 0 Å². The van der Waals surface area contributed by atoms with Gasteiger partial charge in [-0.05, 0) is 30.7 Å². The molecular formula is C17H18N6O2. The second-order valence-corrected chi connectivity index (χ2v) is 5.95. The molecule has 0 aliphatic carbocycles. The third kappa shape index (κ3) is 3.23. The molecule has 3 heterocycles. The summed E-state index contributed by atoms with van der Waals surface area (Å²) >= 11 is 0. The van der Waals surface area contributed by atoms with Crippen LogP contribution in [0, 0.1) is 0 Å². The molecule has 0 saturated heterocycles. The number of carbonyl (C=O) groups excluding carboxylic acids is 1. The fourth-order valence-electron chi connectivity index (χ4n) is 3.01. The quantitative estimate of drug-likeness (QED) is 0.761. The number of urea groups is 1. The Bertz CT molecular complexity index is 922. The lowest BCUT2D eigenvalue weighted by Gasteiger charge is -2.23. The Labute approximate surface area is 144 Å². The number of nitrogens with zero attached hydrogens (tertiary/aromatic N) is 4. The topological polar surface area (TPSA) is 94.0 Å². The number of rotatable bonds is 3. The molecule has 128 valence electrons. The molecule has 1 aliphatic rings. The van der Waals surface area contributed by atoms with Crippen molar-refractivity contribution in [2.75, 3.05) is 12.4 Å². The summed E-state index contributed by atoms with van der Waals surface area (Å²) in [6, 6.07) is 9.09. The molecule has 1 aliphatic heterocycles. The van der Waals surface area contributed by atoms with Gasteiger partial charge in [0.2, 0.25) is 5.88 Å². The molecule has 8 heteroatoms. The van der Waals surface area contributed by atoms with E-state index in [1.807, 2.05) is 28.9 Å². The summed E-state index contributed by atoms with van der Waals surface area (Å²) < 4.78 is 6.96. The minimum atomic E-state index is -0.227. The Morgan fingerprint density at radius 2 is 2.24 bits per heavy atom. The number of hydrogen-bond donors (Lipinski definition) is 2. The lowest BCUT2D eigenvalue weighted by Crippen LogP contribution is -2.43. The first-order valence-corrected chi connectivity index (χ1v) is 8.10. The van der Waals surface area contributed by atoms with E-state index >= 15 is 0 Å². The molecule has 4 rings (SSSR count). The third-order valence-electron chi connectivity index (χ3n) is 4.27. The fourth-order valence-corrected chi connectivity index (χ4v) is 3.01. The zero-order valence-electron chi connectivity index (χ0n) is 13.8. The maximum atomic E-state index is 12.3. The van der Waals surface area contributed by atoms with E-state index in [-0.39, 0.29) is 12.1 Å². The van der Waals surface area contributed by atoms with Crippen molar-refractivity contribution in [3.63, 3.8) is 0 Å². The molecule has 1 atom stereocenters. The number of amides is 2. The Morgan fingerprint density at radius 3 is 3.12 bits per heavy atom. The summed E-state index contributed by atoms with van der Waals surface area (Å²) in [5.41, 5.74) is 1.53. The maximum absolute atomic E-state index is 12.3. The number of nitrogens with one attached hydrogen (secondary N) is 2. The van der Waals surface area contributed by atoms with Crippen molar-refractivity contribution in [1.82, 2.24) is 25.1 Å². The number of aryl methyl sites for hydroxylation is 1. The second-order valence-electron chi connectivity index (χ2n) is 5.95. The highest BCUT2D eigenvalue weighted by Gasteiger charge is 2.21. The van der Waals surface area contributed by atoms with Gasteiger partial charge in [0, 0.05) is 23.6 Å². The van der Waals surface area contributed by atoms with Crippen LogP contribution in [0.15, 0.2) is 36.7 Å². The molecular weight excluding hydrogens is 320 g/mol. The van der Waals surface area contributed by atoms with Crippen molar-refractivity contribution in [1.29, 1.82) is 0 Å². The van der Waals surface area contributed by atoms with Crippen LogP contribution in [0.3, 0.4) is 0 Å². The van der Waals surface area contributed by atoms with Crippen LogP contribution in [0.4, 0.5) is 10.5 Å². The van der Waals surface area contributed by atoms with Gasteiger partial charge in [-0.15, -0.1) is 0 Å². The van der Waals surface area contributed by atoms with Gasteiger partial charge in [0.05, 0.1) is 25.2 Å². The molecule has 0 unspecified atom stereocenters. The van der Waals surface area contributed by atoms with Gasteiger partial charge in [-0.25, -0.2) is 19.4 Å². The van der Waals surface area contributed by atoms with Crippen LogP contribution in [-0.4, -0.2) is 38.9 Å². The molecule has 2 amide bonds. The molecule has 0 fully saturated rings. The summed E-state index contributed by atoms with van der Waals surface area (Å²) in [6.45, 7) is 0.643. The molecule has 0 radical (unpaired) electrons. The van der Waals surface area contributed by atoms with Gasteiger partial charge in [-0.2, -0.15) is 5.10 Å². The maximum Gasteiger partial charge on any atom is 0.319 e. The molecule has 1 aromatic carbocycles. The minimum Gasteiger partial charge on any atom is -0.481 e. The first kappa shape index (κ1) is 15.4. The summed E-state index contributed by atoms with van der Waals surface area (Å²) in [6.07, 6.45) is 3.22. The van der Waals surface area contributed by atoms with Crippen molar-refractivity contribution in [3.8, 4) is 5.88 Å². The van der Waals surface area contributed by atoms with Crippen LogP contribution in [0.1, 0.15) is 12.2 Å². The second kappa shape index (κ2) is 6.39. The van der Waals surface area contributed by atoms with Gasteiger partial charge in [-0.3, -0.25) is 0 Å². The van der Waals surface area contributed by atoms with Gasteiger partial charge in [0.1, 0.15) is 12.2 Å². The number of fused-ring (bicyclic) bond motifs is 2. The van der Waals surface area contributed by atoms with Crippen molar-refractivity contribution < 1.29 is 9.53 Å². The number of anilines is 1. The Morgan fingerprint density at radius 1 is 1.32 bits per heavy atom. The lowest BCUT2D eigenvalue weighted by atomic mass is 10.1. The molecule has 0 spiro atoms. The number of benzene rings is 1. The molecule has 25 heavy (non-hydrogen) atoms. The van der Waals surface area contributed by atoms with E-state index in [9.17, 15) is 4.79 Å². The summed E-state index contributed by atoms with van der Waals surface area (Å²) in [5, 5.41) is 11.0. The average molecular weight is 338 g/mol. The van der Waals surface area contributed by atoms with Crippen LogP contribution in [0.25, 0.3) is 10.9 Å². The highest BCUT2D eigenvalue weighted by Crippen LogP contribution is 2.20. The fraction of sp³-hybridized carbons (Fsp3) is 0.294. The Hall–Kier alpha value is -3.16. The van der Waals surface area contributed by atoms with Crippen molar-refractivity contribution in [3.05, 3.63) is 42.5 Å². The summed E-state index contributed by atoms with van der Waals surface area (Å²) in [5.74, 6) is 1.53. The Balaban J connectivity index is 1.41. The number of aromatic nitrogens is 4. The first-order chi connectivity index (χ1) is 12.2. The summed E-state index contributed by atoms with van der Waals surface area (Å²) in [7, 11) is 1.59. The number of methoxy groups -OCH3 is 1. The molecule has 0 bridgehead atoms. The average Bonchev–Trinajstić information content (AvgIpc) is 3.09.